The normalized spacial score (nSPS) is 16.2. The van der Waals surface area contributed by atoms with E-state index in [4.69, 9.17) is 4.42 Å². The topological polar surface area (TPSA) is 71.3 Å². The highest BCUT2D eigenvalue weighted by atomic mass is 32.2. The van der Waals surface area contributed by atoms with Crippen molar-refractivity contribution >= 4 is 34.6 Å². The summed E-state index contributed by atoms with van der Waals surface area (Å²) >= 11 is 1.68. The molecule has 1 fully saturated rings. The van der Waals surface area contributed by atoms with E-state index in [1.165, 1.54) is 0 Å². The molecule has 162 valence electrons. The number of likely N-dealkylation sites (tertiary alicyclic amines) is 1. The Morgan fingerprint density at radius 3 is 2.91 bits per heavy atom. The third-order valence-electron chi connectivity index (χ3n) is 5.57. The third-order valence-corrected chi connectivity index (χ3v) is 6.59. The van der Waals surface area contributed by atoms with Crippen LogP contribution in [0.1, 0.15) is 30.2 Å². The Balaban J connectivity index is 1.21. The van der Waals surface area contributed by atoms with Crippen molar-refractivity contribution in [2.45, 2.75) is 29.5 Å². The summed E-state index contributed by atoms with van der Waals surface area (Å²) in [5.74, 6) is 1.63. The van der Waals surface area contributed by atoms with Gasteiger partial charge in [-0.15, -0.1) is 11.8 Å². The number of benzene rings is 2. The van der Waals surface area contributed by atoms with Gasteiger partial charge in [-0.1, -0.05) is 30.3 Å². The SMILES string of the molecule is O=C(Nc1cccc(CSc2ccccn2)c1)N1CCCC(c2nc3ccccc3o2)C1. The van der Waals surface area contributed by atoms with Crippen LogP contribution < -0.4 is 5.32 Å². The second-order valence-electron chi connectivity index (χ2n) is 7.89. The first-order chi connectivity index (χ1) is 15.7. The van der Waals surface area contributed by atoms with E-state index < -0.39 is 0 Å². The van der Waals surface area contributed by atoms with E-state index in [1.807, 2.05) is 65.6 Å². The first kappa shape index (κ1) is 20.6. The molecule has 4 aromatic rings. The maximum Gasteiger partial charge on any atom is 0.321 e. The number of urea groups is 1. The molecule has 0 spiro atoms. The van der Waals surface area contributed by atoms with Crippen LogP contribution in [0, 0.1) is 0 Å². The Morgan fingerprint density at radius 1 is 1.12 bits per heavy atom. The smallest absolute Gasteiger partial charge is 0.321 e. The number of hydrogen-bond acceptors (Lipinski definition) is 5. The zero-order chi connectivity index (χ0) is 21.8. The minimum Gasteiger partial charge on any atom is -0.440 e. The average molecular weight is 445 g/mol. The van der Waals surface area contributed by atoms with Crippen molar-refractivity contribution < 1.29 is 9.21 Å². The van der Waals surface area contributed by atoms with E-state index in [0.717, 1.165) is 58.4 Å². The van der Waals surface area contributed by atoms with Crippen LogP contribution in [-0.2, 0) is 5.75 Å². The van der Waals surface area contributed by atoms with Gasteiger partial charge in [0.15, 0.2) is 11.5 Å². The molecule has 2 amide bonds. The molecule has 3 heterocycles. The lowest BCUT2D eigenvalue weighted by atomic mass is 9.98. The van der Waals surface area contributed by atoms with Crippen LogP contribution in [0.4, 0.5) is 10.5 Å². The van der Waals surface area contributed by atoms with Crippen molar-refractivity contribution in [2.24, 2.45) is 0 Å². The molecule has 1 unspecified atom stereocenters. The van der Waals surface area contributed by atoms with Crippen LogP contribution in [0.25, 0.3) is 11.1 Å². The number of pyridine rings is 1. The molecular weight excluding hydrogens is 420 g/mol. The summed E-state index contributed by atoms with van der Waals surface area (Å²) in [4.78, 5) is 23.8. The summed E-state index contributed by atoms with van der Waals surface area (Å²) in [7, 11) is 0. The standard InChI is InChI=1S/C25H24N4O2S/c30-25(27-20-9-5-7-18(15-20)17-32-23-12-3-4-13-26-23)29-14-6-8-19(16-29)24-28-21-10-1-2-11-22(21)31-24/h1-5,7,9-13,15,19H,6,8,14,16-17H2,(H,27,30). The highest BCUT2D eigenvalue weighted by Gasteiger charge is 2.28. The number of anilines is 1. The molecule has 1 atom stereocenters. The monoisotopic (exact) mass is 444 g/mol. The second-order valence-corrected chi connectivity index (χ2v) is 8.89. The fraction of sp³-hybridized carbons (Fsp3) is 0.240. The number of aromatic nitrogens is 2. The lowest BCUT2D eigenvalue weighted by Crippen LogP contribution is -2.41. The van der Waals surface area contributed by atoms with Crippen LogP contribution >= 0.6 is 11.8 Å². The molecule has 1 aliphatic rings. The summed E-state index contributed by atoms with van der Waals surface area (Å²) in [5.41, 5.74) is 3.61. The van der Waals surface area contributed by atoms with E-state index in [1.54, 1.807) is 18.0 Å². The summed E-state index contributed by atoms with van der Waals surface area (Å²) in [6.45, 7) is 1.34. The number of rotatable bonds is 5. The van der Waals surface area contributed by atoms with Gasteiger partial charge < -0.3 is 14.6 Å². The van der Waals surface area contributed by atoms with E-state index in [-0.39, 0.29) is 11.9 Å². The van der Waals surface area contributed by atoms with Gasteiger partial charge in [-0.3, -0.25) is 0 Å². The fourth-order valence-electron chi connectivity index (χ4n) is 3.96. The van der Waals surface area contributed by atoms with E-state index in [2.05, 4.69) is 21.4 Å². The lowest BCUT2D eigenvalue weighted by Gasteiger charge is -2.31. The largest absolute Gasteiger partial charge is 0.440 e. The van der Waals surface area contributed by atoms with Crippen molar-refractivity contribution in [1.29, 1.82) is 0 Å². The molecule has 5 rings (SSSR count). The van der Waals surface area contributed by atoms with Gasteiger partial charge in [0, 0.05) is 30.7 Å². The van der Waals surface area contributed by atoms with Gasteiger partial charge >= 0.3 is 6.03 Å². The van der Waals surface area contributed by atoms with Gasteiger partial charge in [0.25, 0.3) is 0 Å². The molecular formula is C25H24N4O2S. The molecule has 1 aliphatic heterocycles. The lowest BCUT2D eigenvalue weighted by molar-refractivity contribution is 0.187. The van der Waals surface area contributed by atoms with E-state index in [9.17, 15) is 4.79 Å². The number of carbonyl (C=O) groups excluding carboxylic acids is 1. The maximum atomic E-state index is 13.0. The van der Waals surface area contributed by atoms with Gasteiger partial charge in [0.05, 0.1) is 10.9 Å². The van der Waals surface area contributed by atoms with E-state index in [0.29, 0.717) is 6.54 Å². The average Bonchev–Trinajstić information content (AvgIpc) is 3.28. The number of fused-ring (bicyclic) bond motifs is 1. The summed E-state index contributed by atoms with van der Waals surface area (Å²) in [6, 6.07) is 21.6. The Morgan fingerprint density at radius 2 is 2.03 bits per heavy atom. The van der Waals surface area contributed by atoms with Gasteiger partial charge in [-0.25, -0.2) is 14.8 Å². The van der Waals surface area contributed by atoms with Gasteiger partial charge in [-0.05, 0) is 54.8 Å². The van der Waals surface area contributed by atoms with Crippen LogP contribution in [0.2, 0.25) is 0 Å². The molecule has 0 saturated carbocycles. The first-order valence-corrected chi connectivity index (χ1v) is 11.8. The molecule has 0 radical (unpaired) electrons. The van der Waals surface area contributed by atoms with Gasteiger partial charge in [0.1, 0.15) is 5.52 Å². The number of thioether (sulfide) groups is 1. The Kier molecular flexibility index (Phi) is 6.07. The zero-order valence-corrected chi connectivity index (χ0v) is 18.4. The molecule has 1 N–H and O–H groups in total. The predicted octanol–water partition coefficient (Wildman–Crippen LogP) is 5.93. The highest BCUT2D eigenvalue weighted by molar-refractivity contribution is 7.98. The number of hydrogen-bond donors (Lipinski definition) is 1. The minimum absolute atomic E-state index is 0.0830. The van der Waals surface area contributed by atoms with Crippen molar-refractivity contribution in [3.63, 3.8) is 0 Å². The number of nitrogens with zero attached hydrogens (tertiary/aromatic N) is 3. The summed E-state index contributed by atoms with van der Waals surface area (Å²) in [6.07, 6.45) is 3.69. The van der Waals surface area contributed by atoms with Crippen LogP contribution in [0.3, 0.4) is 0 Å². The number of para-hydroxylation sites is 2. The van der Waals surface area contributed by atoms with Gasteiger partial charge in [0.2, 0.25) is 0 Å². The van der Waals surface area contributed by atoms with Crippen molar-refractivity contribution in [2.75, 3.05) is 18.4 Å². The Hall–Kier alpha value is -3.32. The quantitative estimate of drug-likeness (QED) is 0.387. The summed E-state index contributed by atoms with van der Waals surface area (Å²) < 4.78 is 5.96. The molecule has 7 heteroatoms. The van der Waals surface area contributed by atoms with Crippen molar-refractivity contribution in [3.8, 4) is 0 Å². The van der Waals surface area contributed by atoms with Gasteiger partial charge in [-0.2, -0.15) is 0 Å². The zero-order valence-electron chi connectivity index (χ0n) is 17.6. The molecule has 6 nitrogen and oxygen atoms in total. The predicted molar refractivity (Wildman–Crippen MR) is 127 cm³/mol. The molecule has 0 bridgehead atoms. The van der Waals surface area contributed by atoms with Crippen LogP contribution in [-0.4, -0.2) is 34.0 Å². The minimum atomic E-state index is -0.0830. The first-order valence-electron chi connectivity index (χ1n) is 10.8. The van der Waals surface area contributed by atoms with Crippen molar-refractivity contribution in [1.82, 2.24) is 14.9 Å². The fourth-order valence-corrected chi connectivity index (χ4v) is 4.76. The number of amides is 2. The number of carbonyl (C=O) groups is 1. The summed E-state index contributed by atoms with van der Waals surface area (Å²) in [5, 5.41) is 4.05. The third kappa shape index (κ3) is 4.78. The molecule has 32 heavy (non-hydrogen) atoms. The Labute approximate surface area is 191 Å². The second kappa shape index (κ2) is 9.44. The van der Waals surface area contributed by atoms with Crippen LogP contribution in [0.5, 0.6) is 0 Å². The molecule has 1 saturated heterocycles. The Bertz CT molecular complexity index is 1180. The maximum absolute atomic E-state index is 13.0. The number of nitrogens with one attached hydrogen (secondary N) is 1. The van der Waals surface area contributed by atoms with Crippen LogP contribution in [0.15, 0.2) is 82.4 Å². The van der Waals surface area contributed by atoms with Crippen molar-refractivity contribution in [3.05, 3.63) is 84.4 Å². The van der Waals surface area contributed by atoms with E-state index >= 15 is 0 Å². The number of oxazole rings is 1. The molecule has 2 aromatic carbocycles. The molecule has 2 aromatic heterocycles. The highest BCUT2D eigenvalue weighted by Crippen LogP contribution is 2.29. The molecule has 0 aliphatic carbocycles. The number of piperidine rings is 1.